The Morgan fingerprint density at radius 2 is 2.07 bits per heavy atom. The molecule has 0 amide bonds. The van der Waals surface area contributed by atoms with Crippen LogP contribution in [0.2, 0.25) is 0 Å². The number of halogens is 2. The van der Waals surface area contributed by atoms with Gasteiger partial charge in [0, 0.05) is 18.6 Å². The lowest BCUT2D eigenvalue weighted by Crippen LogP contribution is -2.29. The average Bonchev–Trinajstić information content (AvgIpc) is 2.52. The van der Waals surface area contributed by atoms with Gasteiger partial charge in [-0.05, 0) is 31.2 Å². The Bertz CT molecular complexity index is 358. The van der Waals surface area contributed by atoms with Crippen LogP contribution < -0.4 is 5.73 Å². The van der Waals surface area contributed by atoms with Crippen molar-refractivity contribution in [2.24, 2.45) is 5.73 Å². The van der Waals surface area contributed by atoms with Crippen LogP contribution in [0.25, 0.3) is 0 Å². The molecule has 0 saturated carbocycles. The van der Waals surface area contributed by atoms with Gasteiger partial charge in [-0.15, -0.1) is 0 Å². The minimum atomic E-state index is -0.812. The first-order valence-corrected chi connectivity index (χ1v) is 5.00. The van der Waals surface area contributed by atoms with Crippen LogP contribution in [0, 0.1) is 11.6 Å². The highest BCUT2D eigenvalue weighted by Crippen LogP contribution is 2.30. The summed E-state index contributed by atoms with van der Waals surface area (Å²) in [6.07, 6.45) is 0.889. The molecule has 2 nitrogen and oxygen atoms in total. The largest absolute Gasteiger partial charge is 0.326 e. The average molecular weight is 212 g/mol. The van der Waals surface area contributed by atoms with Gasteiger partial charge >= 0.3 is 0 Å². The standard InChI is InChI=1S/C11H14F2N2/c1-15-5-4-10(14)11(15)7-2-3-8(12)9(13)6-7/h2-3,6,10-11H,4-5,14H2,1H3/t10-,11+/m0/s1. The predicted octanol–water partition coefficient (Wildman–Crippen LogP) is 1.67. The number of hydrogen-bond donors (Lipinski definition) is 1. The van der Waals surface area contributed by atoms with Crippen LogP contribution in [-0.4, -0.2) is 24.5 Å². The van der Waals surface area contributed by atoms with E-state index in [0.717, 1.165) is 24.6 Å². The van der Waals surface area contributed by atoms with Gasteiger partial charge in [-0.1, -0.05) is 6.07 Å². The molecular formula is C11H14F2N2. The summed E-state index contributed by atoms with van der Waals surface area (Å²) in [5, 5.41) is 0. The fourth-order valence-electron chi connectivity index (χ4n) is 2.17. The zero-order valence-electron chi connectivity index (χ0n) is 8.58. The van der Waals surface area contributed by atoms with Crippen molar-refractivity contribution in [2.75, 3.05) is 13.6 Å². The van der Waals surface area contributed by atoms with Crippen molar-refractivity contribution in [3.05, 3.63) is 35.4 Å². The maximum Gasteiger partial charge on any atom is 0.159 e. The molecule has 1 aliphatic rings. The van der Waals surface area contributed by atoms with Gasteiger partial charge in [0.25, 0.3) is 0 Å². The molecule has 4 heteroatoms. The SMILES string of the molecule is CN1CC[C@H](N)[C@H]1c1ccc(F)c(F)c1. The Balaban J connectivity index is 2.32. The smallest absolute Gasteiger partial charge is 0.159 e. The summed E-state index contributed by atoms with van der Waals surface area (Å²) in [7, 11) is 1.94. The zero-order chi connectivity index (χ0) is 11.0. The summed E-state index contributed by atoms with van der Waals surface area (Å²) in [5.41, 5.74) is 6.68. The van der Waals surface area contributed by atoms with E-state index in [4.69, 9.17) is 5.73 Å². The van der Waals surface area contributed by atoms with E-state index in [0.29, 0.717) is 0 Å². The summed E-state index contributed by atoms with van der Waals surface area (Å²) in [5.74, 6) is -1.62. The Kier molecular flexibility index (Phi) is 2.71. The fourth-order valence-corrected chi connectivity index (χ4v) is 2.17. The van der Waals surface area contributed by atoms with Crippen molar-refractivity contribution >= 4 is 0 Å². The number of nitrogens with zero attached hydrogens (tertiary/aromatic N) is 1. The van der Waals surface area contributed by atoms with E-state index in [1.54, 1.807) is 6.07 Å². The van der Waals surface area contributed by atoms with Gasteiger partial charge in [0.15, 0.2) is 11.6 Å². The summed E-state index contributed by atoms with van der Waals surface area (Å²) in [4.78, 5) is 2.07. The number of hydrogen-bond acceptors (Lipinski definition) is 2. The summed E-state index contributed by atoms with van der Waals surface area (Å²) in [6.45, 7) is 0.894. The third kappa shape index (κ3) is 1.87. The van der Waals surface area contributed by atoms with Gasteiger partial charge in [-0.2, -0.15) is 0 Å². The van der Waals surface area contributed by atoms with Gasteiger partial charge in [-0.3, -0.25) is 4.90 Å². The first-order valence-electron chi connectivity index (χ1n) is 5.00. The molecule has 2 rings (SSSR count). The Hall–Kier alpha value is -1.00. The van der Waals surface area contributed by atoms with Crippen LogP contribution in [0.5, 0.6) is 0 Å². The molecule has 0 radical (unpaired) electrons. The van der Waals surface area contributed by atoms with Crippen LogP contribution in [0.4, 0.5) is 8.78 Å². The van der Waals surface area contributed by atoms with Gasteiger partial charge in [0.1, 0.15) is 0 Å². The maximum absolute atomic E-state index is 13.1. The zero-order valence-corrected chi connectivity index (χ0v) is 8.58. The predicted molar refractivity (Wildman–Crippen MR) is 54.3 cm³/mol. The molecule has 0 aliphatic carbocycles. The quantitative estimate of drug-likeness (QED) is 0.767. The molecule has 1 saturated heterocycles. The second kappa shape index (κ2) is 3.87. The molecule has 2 N–H and O–H groups in total. The van der Waals surface area contributed by atoms with E-state index in [1.807, 2.05) is 7.05 Å². The fraction of sp³-hybridized carbons (Fsp3) is 0.455. The number of benzene rings is 1. The molecule has 0 bridgehead atoms. The summed E-state index contributed by atoms with van der Waals surface area (Å²) >= 11 is 0. The lowest BCUT2D eigenvalue weighted by molar-refractivity contribution is 0.303. The number of rotatable bonds is 1. The highest BCUT2D eigenvalue weighted by molar-refractivity contribution is 5.23. The number of nitrogens with two attached hydrogens (primary N) is 1. The number of likely N-dealkylation sites (N-methyl/N-ethyl adjacent to an activating group) is 1. The van der Waals surface area contributed by atoms with E-state index in [9.17, 15) is 8.78 Å². The lowest BCUT2D eigenvalue weighted by atomic mass is 10.0. The molecular weight excluding hydrogens is 198 g/mol. The molecule has 1 aromatic rings. The highest BCUT2D eigenvalue weighted by atomic mass is 19.2. The normalized spacial score (nSPS) is 27.2. The molecule has 1 heterocycles. The van der Waals surface area contributed by atoms with Crippen molar-refractivity contribution in [3.63, 3.8) is 0 Å². The van der Waals surface area contributed by atoms with Gasteiger partial charge in [-0.25, -0.2) is 8.78 Å². The Morgan fingerprint density at radius 3 is 2.60 bits per heavy atom. The van der Waals surface area contributed by atoms with Crippen molar-refractivity contribution in [2.45, 2.75) is 18.5 Å². The third-order valence-electron chi connectivity index (χ3n) is 2.98. The first-order chi connectivity index (χ1) is 7.09. The maximum atomic E-state index is 13.1. The summed E-state index contributed by atoms with van der Waals surface area (Å²) in [6, 6.07) is 4.00. The van der Waals surface area contributed by atoms with Gasteiger partial charge in [0.2, 0.25) is 0 Å². The van der Waals surface area contributed by atoms with Crippen LogP contribution in [0.15, 0.2) is 18.2 Å². The van der Waals surface area contributed by atoms with Crippen LogP contribution in [0.1, 0.15) is 18.0 Å². The monoisotopic (exact) mass is 212 g/mol. The first kappa shape index (κ1) is 10.5. The minimum Gasteiger partial charge on any atom is -0.326 e. The van der Waals surface area contributed by atoms with Crippen molar-refractivity contribution < 1.29 is 8.78 Å². The highest BCUT2D eigenvalue weighted by Gasteiger charge is 2.30. The van der Waals surface area contributed by atoms with Gasteiger partial charge in [0.05, 0.1) is 0 Å². The van der Waals surface area contributed by atoms with Crippen molar-refractivity contribution in [3.8, 4) is 0 Å². The molecule has 0 spiro atoms. The van der Waals surface area contributed by atoms with Crippen LogP contribution >= 0.6 is 0 Å². The minimum absolute atomic E-state index is 0.0000926. The molecule has 0 unspecified atom stereocenters. The second-order valence-electron chi connectivity index (χ2n) is 4.05. The molecule has 82 valence electrons. The summed E-state index contributed by atoms with van der Waals surface area (Å²) < 4.78 is 25.8. The Morgan fingerprint density at radius 1 is 1.33 bits per heavy atom. The van der Waals surface area contributed by atoms with Crippen molar-refractivity contribution in [1.82, 2.24) is 4.90 Å². The Labute approximate surface area is 87.7 Å². The van der Waals surface area contributed by atoms with E-state index in [-0.39, 0.29) is 12.1 Å². The molecule has 1 aliphatic heterocycles. The van der Waals surface area contributed by atoms with E-state index in [1.165, 1.54) is 6.07 Å². The molecule has 1 fully saturated rings. The second-order valence-corrected chi connectivity index (χ2v) is 4.05. The number of likely N-dealkylation sites (tertiary alicyclic amines) is 1. The van der Waals surface area contributed by atoms with E-state index in [2.05, 4.69) is 4.90 Å². The third-order valence-corrected chi connectivity index (χ3v) is 2.98. The van der Waals surface area contributed by atoms with Crippen LogP contribution in [-0.2, 0) is 0 Å². The topological polar surface area (TPSA) is 29.3 Å². The molecule has 2 atom stereocenters. The molecule has 0 aromatic heterocycles. The van der Waals surface area contributed by atoms with E-state index >= 15 is 0 Å². The molecule has 1 aromatic carbocycles. The van der Waals surface area contributed by atoms with E-state index < -0.39 is 11.6 Å². The van der Waals surface area contributed by atoms with Crippen molar-refractivity contribution in [1.29, 1.82) is 0 Å². The molecule has 15 heavy (non-hydrogen) atoms. The van der Waals surface area contributed by atoms with Gasteiger partial charge < -0.3 is 5.73 Å². The van der Waals surface area contributed by atoms with Crippen LogP contribution in [0.3, 0.4) is 0 Å². The lowest BCUT2D eigenvalue weighted by Gasteiger charge is -2.23.